The normalized spacial score (nSPS) is 23.2. The minimum absolute atomic E-state index is 0. The van der Waals surface area contributed by atoms with E-state index in [0.717, 1.165) is 62.2 Å². The van der Waals surface area contributed by atoms with E-state index in [1.807, 2.05) is 17.9 Å². The first-order valence-corrected chi connectivity index (χ1v) is 8.82. The number of rotatable bonds is 4. The zero-order valence-electron chi connectivity index (χ0n) is 14.7. The van der Waals surface area contributed by atoms with Crippen LogP contribution in [0.2, 0.25) is 0 Å². The lowest BCUT2D eigenvalue weighted by Gasteiger charge is -2.21. The monoisotopic (exact) mass is 352 g/mol. The van der Waals surface area contributed by atoms with Crippen molar-refractivity contribution in [1.82, 2.24) is 10.2 Å². The molecule has 24 heavy (non-hydrogen) atoms. The van der Waals surface area contributed by atoms with Gasteiger partial charge in [-0.25, -0.2) is 0 Å². The van der Waals surface area contributed by atoms with E-state index in [1.54, 1.807) is 0 Å². The number of benzene rings is 1. The van der Waals surface area contributed by atoms with Gasteiger partial charge in [-0.2, -0.15) is 0 Å². The molecule has 5 heteroatoms. The Hall–Kier alpha value is -1.26. The van der Waals surface area contributed by atoms with E-state index >= 15 is 0 Å². The number of nitrogens with zero attached hydrogens (tertiary/aromatic N) is 1. The summed E-state index contributed by atoms with van der Waals surface area (Å²) < 4.78 is 5.83. The van der Waals surface area contributed by atoms with Crippen LogP contribution in [0.5, 0.6) is 5.75 Å². The van der Waals surface area contributed by atoms with Gasteiger partial charge in [-0.15, -0.1) is 12.4 Å². The molecule has 0 radical (unpaired) electrons. The highest BCUT2D eigenvalue weighted by molar-refractivity contribution is 5.85. The number of likely N-dealkylation sites (tertiary alicyclic amines) is 1. The minimum atomic E-state index is 0. The molecule has 0 aliphatic carbocycles. The summed E-state index contributed by atoms with van der Waals surface area (Å²) in [5, 5.41) is 3.47. The number of carbonyl (C=O) groups excluding carboxylic acids is 1. The average Bonchev–Trinajstić information content (AvgIpc) is 2.89. The Morgan fingerprint density at radius 3 is 2.54 bits per heavy atom. The first-order chi connectivity index (χ1) is 11.1. The lowest BCUT2D eigenvalue weighted by Crippen LogP contribution is -2.33. The van der Waals surface area contributed by atoms with Gasteiger partial charge in [-0.3, -0.25) is 4.79 Å². The maximum absolute atomic E-state index is 12.4. The van der Waals surface area contributed by atoms with Crippen molar-refractivity contribution in [3.63, 3.8) is 0 Å². The number of nitrogens with one attached hydrogen (secondary N) is 1. The molecule has 0 unspecified atom stereocenters. The van der Waals surface area contributed by atoms with Crippen LogP contribution in [0.15, 0.2) is 18.2 Å². The van der Waals surface area contributed by atoms with E-state index in [9.17, 15) is 4.79 Å². The van der Waals surface area contributed by atoms with Crippen molar-refractivity contribution in [3.8, 4) is 5.75 Å². The summed E-state index contributed by atoms with van der Waals surface area (Å²) in [6.45, 7) is 8.63. The molecule has 3 rings (SSSR count). The fourth-order valence-electron chi connectivity index (χ4n) is 3.74. The minimum Gasteiger partial charge on any atom is -0.493 e. The fraction of sp³-hybridized carbons (Fsp3) is 0.632. The smallest absolute Gasteiger partial charge is 0.225 e. The third kappa shape index (κ3) is 4.64. The second-order valence-corrected chi connectivity index (χ2v) is 7.00. The Labute approximate surface area is 151 Å². The molecule has 1 aromatic carbocycles. The van der Waals surface area contributed by atoms with Crippen LogP contribution in [0.25, 0.3) is 0 Å². The van der Waals surface area contributed by atoms with E-state index in [0.29, 0.717) is 13.0 Å². The van der Waals surface area contributed by atoms with Crippen LogP contribution in [0.3, 0.4) is 0 Å². The van der Waals surface area contributed by atoms with E-state index in [4.69, 9.17) is 4.74 Å². The summed E-state index contributed by atoms with van der Waals surface area (Å²) in [7, 11) is 0. The van der Waals surface area contributed by atoms with Crippen LogP contribution < -0.4 is 10.1 Å². The first-order valence-electron chi connectivity index (χ1n) is 8.82. The number of halogens is 1. The summed E-state index contributed by atoms with van der Waals surface area (Å²) in [5.41, 5.74) is 2.31. The van der Waals surface area contributed by atoms with Crippen LogP contribution >= 0.6 is 12.4 Å². The Balaban J connectivity index is 0.00000208. The van der Waals surface area contributed by atoms with E-state index in [2.05, 4.69) is 24.4 Å². The summed E-state index contributed by atoms with van der Waals surface area (Å²) in [4.78, 5) is 14.5. The molecule has 2 heterocycles. The molecule has 0 spiro atoms. The fourth-order valence-corrected chi connectivity index (χ4v) is 3.74. The molecule has 2 saturated heterocycles. The molecule has 0 aromatic heterocycles. The van der Waals surface area contributed by atoms with Gasteiger partial charge in [0.2, 0.25) is 5.91 Å². The lowest BCUT2D eigenvalue weighted by atomic mass is 9.92. The molecular formula is C19H29ClN2O2. The average molecular weight is 353 g/mol. The van der Waals surface area contributed by atoms with Gasteiger partial charge < -0.3 is 15.0 Å². The van der Waals surface area contributed by atoms with E-state index in [1.165, 1.54) is 5.56 Å². The molecule has 1 N–H and O–H groups in total. The summed E-state index contributed by atoms with van der Waals surface area (Å²) in [6, 6.07) is 6.18. The van der Waals surface area contributed by atoms with Crippen LogP contribution in [-0.2, 0) is 4.79 Å². The molecule has 2 fully saturated rings. The number of hydrogen-bond donors (Lipinski definition) is 1. The van der Waals surface area contributed by atoms with Gasteiger partial charge in [-0.1, -0.05) is 12.1 Å². The SMILES string of the molecule is Cc1ccc(C)c(OCCC(=O)N2CC[C@@H]3CNC[C@@H]3CC2)c1.Cl. The van der Waals surface area contributed by atoms with Crippen LogP contribution in [0.4, 0.5) is 0 Å². The van der Waals surface area contributed by atoms with Gasteiger partial charge in [0.25, 0.3) is 0 Å². The topological polar surface area (TPSA) is 41.6 Å². The van der Waals surface area contributed by atoms with Crippen molar-refractivity contribution >= 4 is 18.3 Å². The van der Waals surface area contributed by atoms with Gasteiger partial charge in [0.05, 0.1) is 13.0 Å². The lowest BCUT2D eigenvalue weighted by molar-refractivity contribution is -0.131. The number of carbonyl (C=O) groups is 1. The summed E-state index contributed by atoms with van der Waals surface area (Å²) >= 11 is 0. The van der Waals surface area contributed by atoms with Crippen LogP contribution in [0, 0.1) is 25.7 Å². The summed E-state index contributed by atoms with van der Waals surface area (Å²) in [6.07, 6.45) is 2.75. The Morgan fingerprint density at radius 1 is 1.21 bits per heavy atom. The Kier molecular flexibility index (Phi) is 6.93. The zero-order chi connectivity index (χ0) is 16.2. The Morgan fingerprint density at radius 2 is 1.88 bits per heavy atom. The third-order valence-corrected chi connectivity index (χ3v) is 5.29. The second-order valence-electron chi connectivity index (χ2n) is 7.00. The molecule has 0 saturated carbocycles. The molecule has 2 aliphatic heterocycles. The Bertz CT molecular complexity index is 550. The number of amides is 1. The van der Waals surface area contributed by atoms with Gasteiger partial charge in [0.1, 0.15) is 5.75 Å². The largest absolute Gasteiger partial charge is 0.493 e. The van der Waals surface area contributed by atoms with E-state index < -0.39 is 0 Å². The van der Waals surface area contributed by atoms with Crippen molar-refractivity contribution in [2.45, 2.75) is 33.1 Å². The standard InChI is InChI=1S/C19H28N2O2.ClH/c1-14-3-4-15(2)18(11-14)23-10-7-19(22)21-8-5-16-12-20-13-17(16)6-9-21;/h3-4,11,16-17,20H,5-10,12-13H2,1-2H3;1H/t16-,17+;. The van der Waals surface area contributed by atoms with Crippen molar-refractivity contribution in [2.24, 2.45) is 11.8 Å². The summed E-state index contributed by atoms with van der Waals surface area (Å²) in [5.74, 6) is 2.66. The molecule has 1 amide bonds. The number of hydrogen-bond acceptors (Lipinski definition) is 3. The predicted octanol–water partition coefficient (Wildman–Crippen LogP) is 2.95. The van der Waals surface area contributed by atoms with Gasteiger partial charge in [0.15, 0.2) is 0 Å². The van der Waals surface area contributed by atoms with Crippen LogP contribution in [-0.4, -0.2) is 43.6 Å². The van der Waals surface area contributed by atoms with Gasteiger partial charge in [0, 0.05) is 13.1 Å². The highest BCUT2D eigenvalue weighted by atomic mass is 35.5. The highest BCUT2D eigenvalue weighted by Gasteiger charge is 2.31. The second kappa shape index (κ2) is 8.72. The molecule has 134 valence electrons. The van der Waals surface area contributed by atoms with Crippen molar-refractivity contribution in [1.29, 1.82) is 0 Å². The van der Waals surface area contributed by atoms with Gasteiger partial charge >= 0.3 is 0 Å². The van der Waals surface area contributed by atoms with Gasteiger partial charge in [-0.05, 0) is 68.8 Å². The molecule has 2 aliphatic rings. The predicted molar refractivity (Wildman–Crippen MR) is 98.9 cm³/mol. The molecule has 0 bridgehead atoms. The van der Waals surface area contributed by atoms with Crippen molar-refractivity contribution in [2.75, 3.05) is 32.8 Å². The number of aryl methyl sites for hydroxylation is 2. The quantitative estimate of drug-likeness (QED) is 0.905. The van der Waals surface area contributed by atoms with Crippen LogP contribution in [0.1, 0.15) is 30.4 Å². The zero-order valence-corrected chi connectivity index (χ0v) is 15.5. The van der Waals surface area contributed by atoms with E-state index in [-0.39, 0.29) is 18.3 Å². The molecular weight excluding hydrogens is 324 g/mol. The first kappa shape index (κ1) is 19.1. The molecule has 4 nitrogen and oxygen atoms in total. The number of ether oxygens (including phenoxy) is 1. The maximum atomic E-state index is 12.4. The van der Waals surface area contributed by atoms with Crippen molar-refractivity contribution in [3.05, 3.63) is 29.3 Å². The maximum Gasteiger partial charge on any atom is 0.225 e. The molecule has 2 atom stereocenters. The number of fused-ring (bicyclic) bond motifs is 1. The third-order valence-electron chi connectivity index (χ3n) is 5.29. The highest BCUT2D eigenvalue weighted by Crippen LogP contribution is 2.27. The van der Waals surface area contributed by atoms with Crippen molar-refractivity contribution < 1.29 is 9.53 Å². The molecule has 1 aromatic rings.